The number of hydrogen-bond acceptors (Lipinski definition) is 21. The van der Waals surface area contributed by atoms with Gasteiger partial charge in [0.05, 0.1) is 54.5 Å². The van der Waals surface area contributed by atoms with Crippen molar-refractivity contribution < 1.29 is 181 Å². The minimum Gasteiger partial charge on any atom is -0.870 e. The van der Waals surface area contributed by atoms with E-state index >= 15 is 0 Å². The summed E-state index contributed by atoms with van der Waals surface area (Å²) in [5.41, 5.74) is 8.01. The Kier molecular flexibility index (Phi) is 23.7. The van der Waals surface area contributed by atoms with Crippen LogP contribution in [0.4, 0.5) is 34.1 Å². The Morgan fingerprint density at radius 2 is 1.33 bits per heavy atom. The molecule has 0 saturated heterocycles. The van der Waals surface area contributed by atoms with Crippen molar-refractivity contribution >= 4 is 81.2 Å². The van der Waals surface area contributed by atoms with Crippen molar-refractivity contribution in [2.75, 3.05) is 23.8 Å². The Balaban J connectivity index is -0.00000423. The minimum atomic E-state index is -5.43. The molecular formula is C21H17N6Na4O14S4-. The van der Waals surface area contributed by atoms with Crippen LogP contribution in [0.3, 0.4) is 0 Å². The molecule has 3 aromatic rings. The number of anilines is 2. The van der Waals surface area contributed by atoms with Crippen molar-refractivity contribution in [3.63, 3.8) is 0 Å². The second-order valence-corrected chi connectivity index (χ2v) is 13.6. The van der Waals surface area contributed by atoms with E-state index in [4.69, 9.17) is 11.5 Å². The number of nitrogens with zero attached hydrogens (tertiary/aromatic N) is 4. The average molecular weight is 798 g/mol. The van der Waals surface area contributed by atoms with Gasteiger partial charge in [-0.2, -0.15) is 5.11 Å². The smallest absolute Gasteiger partial charge is 0.870 e. The van der Waals surface area contributed by atoms with E-state index in [1.807, 2.05) is 0 Å². The molecule has 0 amide bonds. The van der Waals surface area contributed by atoms with Gasteiger partial charge in [-0.3, -0.25) is 0 Å². The number of hydrogen-bond donors (Lipinski definition) is 2. The topological polar surface area (TPSA) is 364 Å². The molecule has 28 heteroatoms. The van der Waals surface area contributed by atoms with E-state index in [1.54, 1.807) is 0 Å². The van der Waals surface area contributed by atoms with Gasteiger partial charge < -0.3 is 48.6 Å². The number of carbonyl (C=O) groups excluding carboxylic acids is 1. The number of carbonyl (C=O) groups is 1. The zero-order valence-corrected chi connectivity index (χ0v) is 37.1. The minimum absolute atomic E-state index is 0. The van der Waals surface area contributed by atoms with Gasteiger partial charge in [0.15, 0.2) is 9.84 Å². The van der Waals surface area contributed by atoms with Crippen LogP contribution in [0.5, 0.6) is 0 Å². The Bertz CT molecular complexity index is 2130. The summed E-state index contributed by atoms with van der Waals surface area (Å²) < 4.78 is 121. The molecule has 5 N–H and O–H groups in total. The molecule has 3 aromatic carbocycles. The van der Waals surface area contributed by atoms with E-state index in [9.17, 15) is 52.7 Å². The number of nitrogens with two attached hydrogens (primary N) is 2. The molecule has 20 nitrogen and oxygen atoms in total. The molecule has 0 aromatic heterocycles. The molecule has 0 unspecified atom stereocenters. The number of carboxylic acids is 1. The first-order valence-corrected chi connectivity index (χ1v) is 16.7. The van der Waals surface area contributed by atoms with Gasteiger partial charge in [0.1, 0.15) is 37.3 Å². The molecule has 0 aliphatic rings. The van der Waals surface area contributed by atoms with Crippen molar-refractivity contribution in [1.82, 2.24) is 0 Å². The van der Waals surface area contributed by atoms with Gasteiger partial charge in [-0.1, -0.05) is 12.1 Å². The van der Waals surface area contributed by atoms with Crippen LogP contribution in [0.25, 0.3) is 0 Å². The van der Waals surface area contributed by atoms with Crippen molar-refractivity contribution in [3.8, 4) is 0 Å². The zero-order chi connectivity index (χ0) is 33.0. The number of nitrogen functional groups attached to an aromatic ring is 2. The molecule has 0 bridgehead atoms. The van der Waals surface area contributed by atoms with Crippen LogP contribution in [0.15, 0.2) is 83.7 Å². The monoisotopic (exact) mass is 797 g/mol. The second kappa shape index (κ2) is 21.9. The molecule has 0 fully saturated rings. The first kappa shape index (κ1) is 52.9. The molecule has 244 valence electrons. The molecule has 0 spiro atoms. The average Bonchev–Trinajstić information content (AvgIpc) is 2.91. The van der Waals surface area contributed by atoms with Gasteiger partial charge in [-0.05, 0) is 42.0 Å². The third-order valence-corrected chi connectivity index (χ3v) is 9.07. The SMILES string of the molecule is Nc1c(N=Nc2ccc(S(=O)(=O)CCO[S-](=O)=O)cc2S(=O)(=O)[O-])cc(S(=O)(=O)[O-])c(N)c1N=Nc1cccc(C(=O)[O-])c1.[Na+].[Na+].[Na+].[Na+].[OH-]. The molecule has 49 heavy (non-hydrogen) atoms. The quantitative estimate of drug-likeness (QED) is 0.0565. The first-order chi connectivity index (χ1) is 20.3. The van der Waals surface area contributed by atoms with Gasteiger partial charge >= 0.3 is 118 Å². The number of azo groups is 2. The fraction of sp³-hybridized carbons (Fsp3) is 0.0952. The van der Waals surface area contributed by atoms with Gasteiger partial charge in [0.2, 0.25) is 0 Å². The third-order valence-electron chi connectivity index (χ3n) is 5.29. The molecule has 0 aliphatic carbocycles. The predicted octanol–water partition coefficient (Wildman–Crippen LogP) is -11.3. The molecule has 0 radical (unpaired) electrons. The van der Waals surface area contributed by atoms with E-state index in [0.29, 0.717) is 12.1 Å². The van der Waals surface area contributed by atoms with Crippen LogP contribution in [0, 0.1) is 0 Å². The fourth-order valence-corrected chi connectivity index (χ4v) is 6.04. The van der Waals surface area contributed by atoms with E-state index in [-0.39, 0.29) is 135 Å². The number of carboxylic acid groups (broad SMARTS) is 1. The van der Waals surface area contributed by atoms with Gasteiger partial charge in [0.25, 0.3) is 0 Å². The summed E-state index contributed by atoms with van der Waals surface area (Å²) in [6.07, 6.45) is 0. The summed E-state index contributed by atoms with van der Waals surface area (Å²) >= 11 is 0. The summed E-state index contributed by atoms with van der Waals surface area (Å²) in [4.78, 5) is 8.06. The normalized spacial score (nSPS) is 11.5. The molecular weight excluding hydrogens is 780 g/mol. The van der Waals surface area contributed by atoms with Crippen LogP contribution in [0.1, 0.15) is 10.4 Å². The van der Waals surface area contributed by atoms with Crippen molar-refractivity contribution in [3.05, 3.63) is 54.1 Å². The molecule has 0 saturated carbocycles. The van der Waals surface area contributed by atoms with E-state index in [1.165, 1.54) is 18.2 Å². The van der Waals surface area contributed by atoms with E-state index < -0.39 is 103 Å². The van der Waals surface area contributed by atoms with Gasteiger partial charge in [0, 0.05) is 6.61 Å². The largest absolute Gasteiger partial charge is 1.00 e. The van der Waals surface area contributed by atoms with Crippen LogP contribution >= 0.6 is 0 Å². The maximum absolute atomic E-state index is 12.4. The maximum Gasteiger partial charge on any atom is 1.00 e. The fourth-order valence-electron chi connectivity index (χ4n) is 3.27. The molecule has 0 aliphatic heterocycles. The van der Waals surface area contributed by atoms with Crippen molar-refractivity contribution in [2.45, 2.75) is 14.7 Å². The van der Waals surface area contributed by atoms with Gasteiger partial charge in [-0.25, -0.2) is 25.3 Å². The van der Waals surface area contributed by atoms with E-state index in [0.717, 1.165) is 18.2 Å². The number of rotatable bonds is 12. The number of sulfone groups is 1. The number of benzene rings is 3. The maximum atomic E-state index is 12.4. The van der Waals surface area contributed by atoms with Crippen molar-refractivity contribution in [1.29, 1.82) is 0 Å². The predicted molar refractivity (Wildman–Crippen MR) is 145 cm³/mol. The van der Waals surface area contributed by atoms with Crippen LogP contribution in [-0.2, 0) is 53.7 Å². The summed E-state index contributed by atoms with van der Waals surface area (Å²) in [7, 11) is -18.2. The third kappa shape index (κ3) is 14.8. The van der Waals surface area contributed by atoms with Crippen LogP contribution < -0.4 is 135 Å². The zero-order valence-electron chi connectivity index (χ0n) is 25.9. The summed E-state index contributed by atoms with van der Waals surface area (Å²) in [5.74, 6) is -2.46. The molecule has 3 rings (SSSR count). The Labute approximate surface area is 369 Å². The van der Waals surface area contributed by atoms with Gasteiger partial charge in [-0.15, -0.1) is 15.3 Å². The molecule has 0 atom stereocenters. The summed E-state index contributed by atoms with van der Waals surface area (Å²) in [6, 6.07) is 7.35. The van der Waals surface area contributed by atoms with Crippen molar-refractivity contribution in [2.24, 2.45) is 20.5 Å². The Morgan fingerprint density at radius 1 is 0.755 bits per heavy atom. The number of aromatic carboxylic acids is 1. The Morgan fingerprint density at radius 3 is 1.86 bits per heavy atom. The van der Waals surface area contributed by atoms with Crippen LogP contribution in [-0.4, -0.2) is 58.2 Å². The summed E-state index contributed by atoms with van der Waals surface area (Å²) in [6.45, 7) is -0.817. The second-order valence-electron chi connectivity index (χ2n) is 8.19. The standard InChI is InChI=1S/C21H19N6O13S4.4Na.H2O/c22-18-15(10-17(44(37,38)39)19(23)20(18)27-24-12-3-1-2-11(8-12)21(28)29)26-25-14-5-4-13(9-16(14)43(34,35)36)42(32,33)7-6-40-41(30)31;;;;;/h1-5,8-10H,6-7,22-23H2,(H,28,29)(H,34,35,36)(H,37,38,39);;;;;1H2/q-1;4*+1;/p-4. The van der Waals surface area contributed by atoms with E-state index in [2.05, 4.69) is 24.6 Å². The Hall–Kier alpha value is -0.430. The molecule has 0 heterocycles. The van der Waals surface area contributed by atoms with Crippen LogP contribution in [0.2, 0.25) is 0 Å². The summed E-state index contributed by atoms with van der Waals surface area (Å²) in [5, 5.41) is 25.6. The first-order valence-electron chi connectivity index (χ1n) is 11.2.